The van der Waals surface area contributed by atoms with Gasteiger partial charge in [0.15, 0.2) is 0 Å². The van der Waals surface area contributed by atoms with E-state index in [-0.39, 0.29) is 16.1 Å². The molecule has 0 aliphatic rings. The minimum absolute atomic E-state index is 0.0869. The molecule has 0 saturated heterocycles. The molecule has 0 spiro atoms. The van der Waals surface area contributed by atoms with E-state index in [4.69, 9.17) is 5.73 Å². The van der Waals surface area contributed by atoms with Crippen LogP contribution in [0.15, 0.2) is 33.6 Å². The minimum atomic E-state index is -3.69. The van der Waals surface area contributed by atoms with E-state index in [0.717, 1.165) is 5.56 Å². The molecule has 0 aliphatic heterocycles. The average molecular weight is 268 g/mol. The highest BCUT2D eigenvalue weighted by Crippen LogP contribution is 2.19. The van der Waals surface area contributed by atoms with Gasteiger partial charge in [-0.2, -0.15) is 8.42 Å². The van der Waals surface area contributed by atoms with Crippen LogP contribution in [-0.2, 0) is 10.0 Å². The number of amidine groups is 1. The molecule has 1 aromatic rings. The zero-order chi connectivity index (χ0) is 14.0. The molecule has 0 aromatic heterocycles. The van der Waals surface area contributed by atoms with E-state index in [9.17, 15) is 8.42 Å². The third-order valence-electron chi connectivity index (χ3n) is 2.27. The molecule has 2 N–H and O–H groups in total. The number of benzene rings is 1. The zero-order valence-electron chi connectivity index (χ0n) is 11.3. The second kappa shape index (κ2) is 5.10. The molecular formula is C13H20N2O2S. The van der Waals surface area contributed by atoms with Crippen LogP contribution in [0.5, 0.6) is 0 Å². The molecule has 1 rings (SSSR count). The minimum Gasteiger partial charge on any atom is -0.386 e. The molecular weight excluding hydrogens is 248 g/mol. The van der Waals surface area contributed by atoms with Crippen molar-refractivity contribution in [2.45, 2.75) is 39.0 Å². The Kier molecular flexibility index (Phi) is 4.16. The summed E-state index contributed by atoms with van der Waals surface area (Å²) in [6, 6.07) is 6.56. The van der Waals surface area contributed by atoms with Gasteiger partial charge in [0.05, 0.1) is 4.90 Å². The highest BCUT2D eigenvalue weighted by atomic mass is 32.2. The van der Waals surface area contributed by atoms with Gasteiger partial charge in [0.2, 0.25) is 0 Å². The number of hydrogen-bond donors (Lipinski definition) is 1. The molecule has 0 amide bonds. The van der Waals surface area contributed by atoms with Crippen LogP contribution >= 0.6 is 0 Å². The van der Waals surface area contributed by atoms with Gasteiger partial charge in [-0.3, -0.25) is 0 Å². The molecule has 0 radical (unpaired) electrons. The van der Waals surface area contributed by atoms with E-state index >= 15 is 0 Å². The third kappa shape index (κ3) is 4.49. The summed E-state index contributed by atoms with van der Waals surface area (Å²) in [6.45, 7) is 7.84. The van der Waals surface area contributed by atoms with Crippen LogP contribution in [0.4, 0.5) is 0 Å². The fourth-order valence-corrected chi connectivity index (χ4v) is 2.45. The molecule has 0 aliphatic carbocycles. The van der Waals surface area contributed by atoms with E-state index in [1.807, 2.05) is 27.7 Å². The van der Waals surface area contributed by atoms with Gasteiger partial charge in [0.1, 0.15) is 5.84 Å². The monoisotopic (exact) mass is 268 g/mol. The first-order chi connectivity index (χ1) is 8.10. The zero-order valence-corrected chi connectivity index (χ0v) is 12.1. The normalized spacial score (nSPS) is 13.7. The Bertz CT molecular complexity index is 537. The van der Waals surface area contributed by atoms with Crippen molar-refractivity contribution in [1.82, 2.24) is 0 Å². The Morgan fingerprint density at radius 1 is 1.22 bits per heavy atom. The van der Waals surface area contributed by atoms with E-state index in [1.54, 1.807) is 24.3 Å². The lowest BCUT2D eigenvalue weighted by Crippen LogP contribution is -2.21. The summed E-state index contributed by atoms with van der Waals surface area (Å²) in [7, 11) is -3.69. The first-order valence-corrected chi connectivity index (χ1v) is 7.20. The first kappa shape index (κ1) is 14.7. The summed E-state index contributed by atoms with van der Waals surface area (Å²) < 4.78 is 27.6. The molecule has 4 nitrogen and oxygen atoms in total. The maximum Gasteiger partial charge on any atom is 0.283 e. The Hall–Kier alpha value is -1.36. The number of nitrogens with two attached hydrogens (primary N) is 1. The highest BCUT2D eigenvalue weighted by molar-refractivity contribution is 7.90. The van der Waals surface area contributed by atoms with Crippen molar-refractivity contribution in [1.29, 1.82) is 0 Å². The molecule has 5 heteroatoms. The summed E-state index contributed by atoms with van der Waals surface area (Å²) in [5.41, 5.74) is 6.60. The molecule has 0 bridgehead atoms. The first-order valence-electron chi connectivity index (χ1n) is 5.76. The van der Waals surface area contributed by atoms with E-state index in [0.29, 0.717) is 6.42 Å². The van der Waals surface area contributed by atoms with Crippen LogP contribution in [0.3, 0.4) is 0 Å². The Morgan fingerprint density at radius 3 is 2.17 bits per heavy atom. The smallest absolute Gasteiger partial charge is 0.283 e. The standard InChI is InChI=1S/C13H20N2O2S/c1-10-5-7-11(8-6-10)18(16,17)15-12(14)9-13(2,3)4/h5-8H,9H2,1-4H3,(H2,14,15). The van der Waals surface area contributed by atoms with Crippen LogP contribution in [0, 0.1) is 12.3 Å². The molecule has 0 saturated carbocycles. The second-order valence-electron chi connectivity index (χ2n) is 5.61. The maximum atomic E-state index is 12.0. The number of nitrogens with zero attached hydrogens (tertiary/aromatic N) is 1. The largest absolute Gasteiger partial charge is 0.386 e. The van der Waals surface area contributed by atoms with Crippen LogP contribution in [0.25, 0.3) is 0 Å². The third-order valence-corrected chi connectivity index (χ3v) is 3.61. The molecule has 0 unspecified atom stereocenters. The highest BCUT2D eigenvalue weighted by Gasteiger charge is 2.17. The lowest BCUT2D eigenvalue weighted by Gasteiger charge is -2.16. The average Bonchev–Trinajstić information content (AvgIpc) is 2.13. The van der Waals surface area contributed by atoms with Gasteiger partial charge in [0, 0.05) is 6.42 Å². The van der Waals surface area contributed by atoms with Crippen molar-refractivity contribution in [3.05, 3.63) is 29.8 Å². The van der Waals surface area contributed by atoms with Gasteiger partial charge in [-0.15, -0.1) is 4.40 Å². The summed E-state index contributed by atoms with van der Waals surface area (Å²) >= 11 is 0. The van der Waals surface area contributed by atoms with E-state index in [2.05, 4.69) is 4.40 Å². The van der Waals surface area contributed by atoms with Gasteiger partial charge in [-0.1, -0.05) is 38.5 Å². The van der Waals surface area contributed by atoms with Crippen molar-refractivity contribution in [2.24, 2.45) is 15.5 Å². The number of aryl methyl sites for hydroxylation is 1. The molecule has 0 fully saturated rings. The Labute approximate surface area is 109 Å². The van der Waals surface area contributed by atoms with Crippen molar-refractivity contribution < 1.29 is 8.42 Å². The lowest BCUT2D eigenvalue weighted by molar-refractivity contribution is 0.433. The second-order valence-corrected chi connectivity index (χ2v) is 7.21. The molecule has 1 aromatic carbocycles. The maximum absolute atomic E-state index is 12.0. The lowest BCUT2D eigenvalue weighted by atomic mass is 9.92. The van der Waals surface area contributed by atoms with Crippen molar-refractivity contribution in [2.75, 3.05) is 0 Å². The summed E-state index contributed by atoms with van der Waals surface area (Å²) in [5.74, 6) is 0.142. The molecule has 0 heterocycles. The van der Waals surface area contributed by atoms with Gasteiger partial charge in [-0.05, 0) is 24.5 Å². The Morgan fingerprint density at radius 2 is 1.72 bits per heavy atom. The topological polar surface area (TPSA) is 72.5 Å². The molecule has 0 atom stereocenters. The SMILES string of the molecule is Cc1ccc(S(=O)(=O)/N=C(\N)CC(C)(C)C)cc1. The molecule has 100 valence electrons. The van der Waals surface area contributed by atoms with Crippen LogP contribution in [0.1, 0.15) is 32.8 Å². The number of hydrogen-bond acceptors (Lipinski definition) is 2. The number of sulfonamides is 1. The summed E-state index contributed by atoms with van der Waals surface area (Å²) in [5, 5.41) is 0. The van der Waals surface area contributed by atoms with Gasteiger partial charge in [-0.25, -0.2) is 0 Å². The van der Waals surface area contributed by atoms with E-state index in [1.165, 1.54) is 0 Å². The van der Waals surface area contributed by atoms with Gasteiger partial charge >= 0.3 is 0 Å². The number of rotatable bonds is 3. The predicted octanol–water partition coefficient (Wildman–Crippen LogP) is 2.48. The van der Waals surface area contributed by atoms with Gasteiger partial charge < -0.3 is 5.73 Å². The summed E-state index contributed by atoms with van der Waals surface area (Å²) in [4.78, 5) is 0.171. The van der Waals surface area contributed by atoms with Crippen molar-refractivity contribution >= 4 is 15.9 Å². The van der Waals surface area contributed by atoms with Crippen LogP contribution < -0.4 is 5.73 Å². The fraction of sp³-hybridized carbons (Fsp3) is 0.462. The van der Waals surface area contributed by atoms with Crippen molar-refractivity contribution in [3.63, 3.8) is 0 Å². The van der Waals surface area contributed by atoms with Crippen LogP contribution in [-0.4, -0.2) is 14.3 Å². The van der Waals surface area contributed by atoms with Crippen LogP contribution in [0.2, 0.25) is 0 Å². The Balaban J connectivity index is 3.01. The quantitative estimate of drug-likeness (QED) is 0.676. The summed E-state index contributed by atoms with van der Waals surface area (Å²) in [6.07, 6.45) is 0.443. The van der Waals surface area contributed by atoms with Gasteiger partial charge in [0.25, 0.3) is 10.0 Å². The van der Waals surface area contributed by atoms with E-state index < -0.39 is 10.0 Å². The predicted molar refractivity (Wildman–Crippen MR) is 74.1 cm³/mol. The molecule has 18 heavy (non-hydrogen) atoms. The van der Waals surface area contributed by atoms with Crippen molar-refractivity contribution in [3.8, 4) is 0 Å². The fourth-order valence-electron chi connectivity index (χ4n) is 1.49.